The van der Waals surface area contributed by atoms with E-state index in [2.05, 4.69) is 66.0 Å². The number of ether oxygens (including phenoxy) is 1. The lowest BCUT2D eigenvalue weighted by molar-refractivity contribution is 0.354. The molecule has 1 aliphatic heterocycles. The van der Waals surface area contributed by atoms with Crippen molar-refractivity contribution in [2.24, 2.45) is 0 Å². The van der Waals surface area contributed by atoms with Crippen molar-refractivity contribution in [2.75, 3.05) is 6.61 Å². The number of hydrogen-bond acceptors (Lipinski definition) is 1. The van der Waals surface area contributed by atoms with Crippen LogP contribution < -0.4 is 4.74 Å². The van der Waals surface area contributed by atoms with Crippen molar-refractivity contribution in [1.82, 2.24) is 0 Å². The van der Waals surface area contributed by atoms with Gasteiger partial charge in [0.1, 0.15) is 5.75 Å². The zero-order chi connectivity index (χ0) is 14.3. The molecule has 0 N–H and O–H groups in total. The summed E-state index contributed by atoms with van der Waals surface area (Å²) >= 11 is 17.0. The zero-order valence-corrected chi connectivity index (χ0v) is 15.8. The van der Waals surface area contributed by atoms with E-state index < -0.39 is 0 Å². The van der Waals surface area contributed by atoms with E-state index >= 15 is 0 Å². The minimum Gasteiger partial charge on any atom is -0.493 e. The maximum absolute atomic E-state index is 6.14. The van der Waals surface area contributed by atoms with Crippen LogP contribution >= 0.6 is 59.4 Å². The number of benzene rings is 2. The molecule has 0 aromatic heterocycles. The molecule has 0 aliphatic carbocycles. The lowest BCUT2D eigenvalue weighted by Crippen LogP contribution is -1.97. The van der Waals surface area contributed by atoms with Crippen LogP contribution in [0.25, 0.3) is 0 Å². The molecule has 1 nitrogen and oxygen atoms in total. The maximum atomic E-state index is 6.14. The van der Waals surface area contributed by atoms with Gasteiger partial charge >= 0.3 is 0 Å². The van der Waals surface area contributed by atoms with Crippen molar-refractivity contribution in [3.05, 3.63) is 61.0 Å². The Kier molecular flexibility index (Phi) is 4.46. The summed E-state index contributed by atoms with van der Waals surface area (Å²) < 4.78 is 7.83. The van der Waals surface area contributed by atoms with Gasteiger partial charge in [-0.05, 0) is 41.5 Å². The fraction of sp³-hybridized carbons (Fsp3) is 0.200. The highest BCUT2D eigenvalue weighted by Crippen LogP contribution is 2.43. The van der Waals surface area contributed by atoms with Crippen LogP contribution in [-0.2, 0) is 6.42 Å². The predicted octanol–water partition coefficient (Wildman–Crippen LogP) is 6.28. The zero-order valence-electron chi connectivity index (χ0n) is 10.3. The maximum Gasteiger partial charge on any atom is 0.127 e. The van der Waals surface area contributed by atoms with Gasteiger partial charge in [0, 0.05) is 26.0 Å². The summed E-state index contributed by atoms with van der Waals surface area (Å²) in [5.41, 5.74) is 3.47. The van der Waals surface area contributed by atoms with E-state index in [4.69, 9.17) is 16.3 Å². The molecule has 5 heteroatoms. The molecule has 2 aromatic rings. The van der Waals surface area contributed by atoms with Gasteiger partial charge < -0.3 is 4.74 Å². The second-order valence-electron chi connectivity index (χ2n) is 4.65. The molecular formula is C15H10Br3ClO. The van der Waals surface area contributed by atoms with Crippen LogP contribution in [0.5, 0.6) is 5.75 Å². The van der Waals surface area contributed by atoms with Crippen LogP contribution in [0.2, 0.25) is 5.02 Å². The Hall–Kier alpha value is -0.0300. The largest absolute Gasteiger partial charge is 0.493 e. The third-order valence-corrected chi connectivity index (χ3v) is 5.38. The van der Waals surface area contributed by atoms with E-state index in [1.54, 1.807) is 0 Å². The van der Waals surface area contributed by atoms with Crippen LogP contribution in [0.4, 0.5) is 0 Å². The van der Waals surface area contributed by atoms with Gasteiger partial charge in [0.25, 0.3) is 0 Å². The van der Waals surface area contributed by atoms with E-state index in [1.807, 2.05) is 12.1 Å². The normalized spacial score (nSPS) is 14.8. The molecule has 1 aliphatic rings. The van der Waals surface area contributed by atoms with Crippen molar-refractivity contribution < 1.29 is 4.74 Å². The van der Waals surface area contributed by atoms with Crippen molar-refractivity contribution >= 4 is 59.4 Å². The van der Waals surface area contributed by atoms with Gasteiger partial charge in [0.15, 0.2) is 0 Å². The topological polar surface area (TPSA) is 9.23 Å². The summed E-state index contributed by atoms with van der Waals surface area (Å²) in [5, 5.41) is 0.714. The van der Waals surface area contributed by atoms with Crippen molar-refractivity contribution in [3.63, 3.8) is 0 Å². The Morgan fingerprint density at radius 3 is 2.55 bits per heavy atom. The fourth-order valence-corrected chi connectivity index (χ4v) is 4.40. The van der Waals surface area contributed by atoms with Crippen LogP contribution in [-0.4, -0.2) is 6.61 Å². The fourth-order valence-electron chi connectivity index (χ4n) is 2.39. The van der Waals surface area contributed by atoms with Gasteiger partial charge in [0.2, 0.25) is 0 Å². The highest BCUT2D eigenvalue weighted by molar-refractivity contribution is 9.11. The molecule has 1 atom stereocenters. The molecule has 0 saturated carbocycles. The SMILES string of the molecule is Clc1cc(Br)cc(C(Br)c2cc(Br)cc3c2OCC3)c1. The van der Waals surface area contributed by atoms with Crippen LogP contribution in [0.3, 0.4) is 0 Å². The van der Waals surface area contributed by atoms with Gasteiger partial charge in [-0.15, -0.1) is 0 Å². The molecule has 104 valence electrons. The van der Waals surface area contributed by atoms with Gasteiger partial charge in [-0.25, -0.2) is 0 Å². The first-order valence-electron chi connectivity index (χ1n) is 6.10. The molecule has 2 aromatic carbocycles. The second kappa shape index (κ2) is 5.99. The van der Waals surface area contributed by atoms with Crippen molar-refractivity contribution in [3.8, 4) is 5.75 Å². The van der Waals surface area contributed by atoms with E-state index in [-0.39, 0.29) is 4.83 Å². The summed E-state index contributed by atoms with van der Waals surface area (Å²) in [6.07, 6.45) is 0.959. The molecule has 0 amide bonds. The van der Waals surface area contributed by atoms with Gasteiger partial charge in [-0.1, -0.05) is 59.4 Å². The Bertz CT molecular complexity index is 652. The third kappa shape index (κ3) is 2.94. The van der Waals surface area contributed by atoms with E-state index in [0.29, 0.717) is 5.02 Å². The summed E-state index contributed by atoms with van der Waals surface area (Å²) in [4.78, 5) is 0.0434. The predicted molar refractivity (Wildman–Crippen MR) is 93.3 cm³/mol. The first-order valence-corrected chi connectivity index (χ1v) is 8.98. The number of hydrogen-bond donors (Lipinski definition) is 0. The quantitative estimate of drug-likeness (QED) is 0.459. The Morgan fingerprint density at radius 1 is 1.05 bits per heavy atom. The summed E-state index contributed by atoms with van der Waals surface area (Å²) in [6.45, 7) is 0.748. The molecule has 0 bridgehead atoms. The van der Waals surface area contributed by atoms with Gasteiger partial charge in [0.05, 0.1) is 11.4 Å². The summed E-state index contributed by atoms with van der Waals surface area (Å²) in [5.74, 6) is 0.992. The van der Waals surface area contributed by atoms with E-state index in [9.17, 15) is 0 Å². The summed E-state index contributed by atoms with van der Waals surface area (Å²) in [6, 6.07) is 10.1. The minimum atomic E-state index is 0.0434. The Balaban J connectivity index is 2.08. The molecule has 20 heavy (non-hydrogen) atoms. The molecular weight excluding hydrogens is 471 g/mol. The third-order valence-electron chi connectivity index (χ3n) is 3.23. The lowest BCUT2D eigenvalue weighted by Gasteiger charge is -2.16. The average Bonchev–Trinajstić information content (AvgIpc) is 2.83. The first-order chi connectivity index (χ1) is 9.54. The molecule has 0 radical (unpaired) electrons. The Morgan fingerprint density at radius 2 is 1.80 bits per heavy atom. The van der Waals surface area contributed by atoms with E-state index in [0.717, 1.165) is 38.8 Å². The number of rotatable bonds is 2. The Labute approximate surface area is 148 Å². The molecule has 1 unspecified atom stereocenters. The molecule has 0 spiro atoms. The van der Waals surface area contributed by atoms with Crippen LogP contribution in [0.1, 0.15) is 21.5 Å². The average molecular weight is 481 g/mol. The monoisotopic (exact) mass is 478 g/mol. The number of alkyl halides is 1. The highest BCUT2D eigenvalue weighted by atomic mass is 79.9. The summed E-state index contributed by atoms with van der Waals surface area (Å²) in [7, 11) is 0. The first kappa shape index (κ1) is 14.9. The lowest BCUT2D eigenvalue weighted by atomic mass is 10.0. The second-order valence-corrected chi connectivity index (χ2v) is 7.83. The van der Waals surface area contributed by atoms with Crippen LogP contribution in [0.15, 0.2) is 39.3 Å². The molecule has 0 saturated heterocycles. The smallest absolute Gasteiger partial charge is 0.127 e. The molecule has 0 fully saturated rings. The molecule has 3 rings (SSSR count). The van der Waals surface area contributed by atoms with E-state index in [1.165, 1.54) is 5.56 Å². The minimum absolute atomic E-state index is 0.0434. The van der Waals surface area contributed by atoms with Crippen LogP contribution in [0, 0.1) is 0 Å². The number of halogens is 4. The van der Waals surface area contributed by atoms with Gasteiger partial charge in [-0.3, -0.25) is 0 Å². The molecule has 1 heterocycles. The van der Waals surface area contributed by atoms with Crippen molar-refractivity contribution in [2.45, 2.75) is 11.2 Å². The highest BCUT2D eigenvalue weighted by Gasteiger charge is 2.23. The van der Waals surface area contributed by atoms with Crippen molar-refractivity contribution in [1.29, 1.82) is 0 Å². The number of fused-ring (bicyclic) bond motifs is 1. The standard InChI is InChI=1S/C15H10Br3ClO/c16-10-4-9(5-12(19)6-10)14(18)13-7-11(17)3-8-1-2-20-15(8)13/h3-7,14H,1-2H2. The van der Waals surface area contributed by atoms with Gasteiger partial charge in [-0.2, -0.15) is 0 Å².